The molecule has 1 amide bonds. The summed E-state index contributed by atoms with van der Waals surface area (Å²) in [6, 6.07) is 7.37. The van der Waals surface area contributed by atoms with E-state index in [0.29, 0.717) is 17.3 Å². The molecular formula is C14H11N3O2S2. The number of thiazole rings is 1. The van der Waals surface area contributed by atoms with Crippen molar-refractivity contribution in [3.05, 3.63) is 46.9 Å². The molecule has 3 aromatic heterocycles. The minimum Gasteiger partial charge on any atom is -0.481 e. The molecule has 21 heavy (non-hydrogen) atoms. The van der Waals surface area contributed by atoms with Crippen molar-refractivity contribution >= 4 is 34.3 Å². The van der Waals surface area contributed by atoms with E-state index in [1.807, 2.05) is 17.5 Å². The maximum atomic E-state index is 12.1. The number of ether oxygens (including phenoxy) is 1. The lowest BCUT2D eigenvalue weighted by Crippen LogP contribution is -2.12. The molecule has 106 valence electrons. The number of pyridine rings is 1. The molecule has 3 rings (SSSR count). The third kappa shape index (κ3) is 3.09. The van der Waals surface area contributed by atoms with Crippen LogP contribution in [-0.4, -0.2) is 23.0 Å². The summed E-state index contributed by atoms with van der Waals surface area (Å²) in [5, 5.41) is 7.35. The SMILES string of the molecule is COc1ccc(NC(=O)c2csc(-c3cccs3)n2)cn1. The molecule has 0 aliphatic heterocycles. The molecule has 0 radical (unpaired) electrons. The minimum absolute atomic E-state index is 0.249. The van der Waals surface area contributed by atoms with Gasteiger partial charge >= 0.3 is 0 Å². The van der Waals surface area contributed by atoms with Crippen molar-refractivity contribution in [3.8, 4) is 15.8 Å². The van der Waals surface area contributed by atoms with Crippen LogP contribution in [0.1, 0.15) is 10.5 Å². The first kappa shape index (κ1) is 13.7. The van der Waals surface area contributed by atoms with Crippen molar-refractivity contribution in [3.63, 3.8) is 0 Å². The Bertz CT molecular complexity index is 736. The van der Waals surface area contributed by atoms with E-state index in [1.165, 1.54) is 11.3 Å². The third-order valence-electron chi connectivity index (χ3n) is 2.67. The maximum absolute atomic E-state index is 12.1. The normalized spacial score (nSPS) is 10.3. The third-order valence-corrected chi connectivity index (χ3v) is 4.55. The predicted molar refractivity (Wildman–Crippen MR) is 84.2 cm³/mol. The van der Waals surface area contributed by atoms with E-state index in [1.54, 1.807) is 42.2 Å². The zero-order valence-corrected chi connectivity index (χ0v) is 12.7. The zero-order chi connectivity index (χ0) is 14.7. The molecule has 1 N–H and O–H groups in total. The van der Waals surface area contributed by atoms with Crippen LogP contribution in [0.15, 0.2) is 41.2 Å². The number of aromatic nitrogens is 2. The van der Waals surface area contributed by atoms with E-state index in [-0.39, 0.29) is 5.91 Å². The van der Waals surface area contributed by atoms with Gasteiger partial charge in [-0.2, -0.15) is 0 Å². The van der Waals surface area contributed by atoms with Crippen LogP contribution in [-0.2, 0) is 0 Å². The van der Waals surface area contributed by atoms with Gasteiger partial charge in [0.1, 0.15) is 10.7 Å². The summed E-state index contributed by atoms with van der Waals surface area (Å²) in [4.78, 5) is 21.6. The Labute approximate surface area is 129 Å². The van der Waals surface area contributed by atoms with E-state index >= 15 is 0 Å². The van der Waals surface area contributed by atoms with Crippen LogP contribution in [0.25, 0.3) is 9.88 Å². The van der Waals surface area contributed by atoms with E-state index < -0.39 is 0 Å². The molecule has 0 bridgehead atoms. The average molecular weight is 317 g/mol. The molecule has 0 atom stereocenters. The average Bonchev–Trinajstić information content (AvgIpc) is 3.19. The van der Waals surface area contributed by atoms with Gasteiger partial charge in [-0.15, -0.1) is 22.7 Å². The highest BCUT2D eigenvalue weighted by molar-refractivity contribution is 7.20. The van der Waals surface area contributed by atoms with Crippen molar-refractivity contribution < 1.29 is 9.53 Å². The van der Waals surface area contributed by atoms with Gasteiger partial charge in [0.25, 0.3) is 5.91 Å². The molecule has 7 heteroatoms. The van der Waals surface area contributed by atoms with Gasteiger partial charge in [-0.1, -0.05) is 6.07 Å². The van der Waals surface area contributed by atoms with Crippen molar-refractivity contribution in [2.45, 2.75) is 0 Å². The first-order chi connectivity index (χ1) is 10.3. The van der Waals surface area contributed by atoms with Gasteiger partial charge in [0, 0.05) is 11.4 Å². The van der Waals surface area contributed by atoms with Gasteiger partial charge in [-0.3, -0.25) is 4.79 Å². The molecule has 0 aliphatic rings. The second kappa shape index (κ2) is 6.02. The summed E-state index contributed by atoms with van der Waals surface area (Å²) in [6.07, 6.45) is 1.54. The lowest BCUT2D eigenvalue weighted by molar-refractivity contribution is 0.102. The molecule has 0 aliphatic carbocycles. The highest BCUT2D eigenvalue weighted by atomic mass is 32.1. The van der Waals surface area contributed by atoms with E-state index in [4.69, 9.17) is 4.74 Å². The summed E-state index contributed by atoms with van der Waals surface area (Å²) in [7, 11) is 1.54. The Kier molecular flexibility index (Phi) is 3.94. The number of carbonyl (C=O) groups excluding carboxylic acids is 1. The molecular weight excluding hydrogens is 306 g/mol. The Morgan fingerprint density at radius 2 is 2.19 bits per heavy atom. The number of hydrogen-bond acceptors (Lipinski definition) is 6. The van der Waals surface area contributed by atoms with Crippen molar-refractivity contribution in [2.24, 2.45) is 0 Å². The van der Waals surface area contributed by atoms with Gasteiger partial charge < -0.3 is 10.1 Å². The summed E-state index contributed by atoms with van der Waals surface area (Å²) < 4.78 is 4.97. The standard InChI is InChI=1S/C14H11N3O2S2/c1-19-12-5-4-9(7-15-12)16-13(18)10-8-21-14(17-10)11-3-2-6-20-11/h2-8H,1H3,(H,16,18). The van der Waals surface area contributed by atoms with Gasteiger partial charge in [0.05, 0.1) is 23.9 Å². The number of methoxy groups -OCH3 is 1. The van der Waals surface area contributed by atoms with Crippen LogP contribution in [0.3, 0.4) is 0 Å². The number of nitrogens with zero attached hydrogens (tertiary/aromatic N) is 2. The fourth-order valence-electron chi connectivity index (χ4n) is 1.66. The zero-order valence-electron chi connectivity index (χ0n) is 11.1. The number of amides is 1. The molecule has 5 nitrogen and oxygen atoms in total. The van der Waals surface area contributed by atoms with Gasteiger partial charge in [0.2, 0.25) is 5.88 Å². The van der Waals surface area contributed by atoms with Crippen LogP contribution in [0.4, 0.5) is 5.69 Å². The van der Waals surface area contributed by atoms with Gasteiger partial charge in [-0.05, 0) is 17.5 Å². The number of nitrogens with one attached hydrogen (secondary N) is 1. The Morgan fingerprint density at radius 1 is 1.29 bits per heavy atom. The largest absolute Gasteiger partial charge is 0.481 e. The number of carbonyl (C=O) groups is 1. The fourth-order valence-corrected chi connectivity index (χ4v) is 3.28. The second-order valence-electron chi connectivity index (χ2n) is 4.06. The highest BCUT2D eigenvalue weighted by Gasteiger charge is 2.12. The topological polar surface area (TPSA) is 64.1 Å². The van der Waals surface area contributed by atoms with Crippen molar-refractivity contribution in [1.29, 1.82) is 0 Å². The monoisotopic (exact) mass is 317 g/mol. The predicted octanol–water partition coefficient (Wildman–Crippen LogP) is 3.53. The highest BCUT2D eigenvalue weighted by Crippen LogP contribution is 2.28. The molecule has 0 aromatic carbocycles. The van der Waals surface area contributed by atoms with E-state index in [0.717, 1.165) is 9.88 Å². The number of thiophene rings is 1. The van der Waals surface area contributed by atoms with Gasteiger partial charge in [-0.25, -0.2) is 9.97 Å². The molecule has 3 aromatic rings. The second-order valence-corrected chi connectivity index (χ2v) is 5.86. The smallest absolute Gasteiger partial charge is 0.275 e. The van der Waals surface area contributed by atoms with Crippen LogP contribution >= 0.6 is 22.7 Å². The molecule has 0 saturated heterocycles. The molecule has 0 spiro atoms. The summed E-state index contributed by atoms with van der Waals surface area (Å²) in [6.45, 7) is 0. The van der Waals surface area contributed by atoms with Crippen LogP contribution in [0.2, 0.25) is 0 Å². The quantitative estimate of drug-likeness (QED) is 0.799. The maximum Gasteiger partial charge on any atom is 0.275 e. The van der Waals surface area contributed by atoms with Crippen LogP contribution in [0, 0.1) is 0 Å². The lowest BCUT2D eigenvalue weighted by atomic mass is 10.3. The Hall–Kier alpha value is -2.25. The number of rotatable bonds is 4. The molecule has 0 saturated carbocycles. The molecule has 0 unspecified atom stereocenters. The summed E-state index contributed by atoms with van der Waals surface area (Å²) >= 11 is 3.06. The first-order valence-electron chi connectivity index (χ1n) is 6.07. The minimum atomic E-state index is -0.249. The lowest BCUT2D eigenvalue weighted by Gasteiger charge is -2.03. The Balaban J connectivity index is 1.73. The van der Waals surface area contributed by atoms with E-state index in [2.05, 4.69) is 15.3 Å². The van der Waals surface area contributed by atoms with Crippen LogP contribution < -0.4 is 10.1 Å². The first-order valence-corrected chi connectivity index (χ1v) is 7.83. The van der Waals surface area contributed by atoms with Gasteiger partial charge in [0.15, 0.2) is 0 Å². The van der Waals surface area contributed by atoms with E-state index in [9.17, 15) is 4.79 Å². The van der Waals surface area contributed by atoms with Crippen molar-refractivity contribution in [2.75, 3.05) is 12.4 Å². The molecule has 0 fully saturated rings. The number of anilines is 1. The summed E-state index contributed by atoms with van der Waals surface area (Å²) in [5.74, 6) is 0.252. The summed E-state index contributed by atoms with van der Waals surface area (Å²) in [5.41, 5.74) is 1.01. The Morgan fingerprint density at radius 3 is 2.86 bits per heavy atom. The fraction of sp³-hybridized carbons (Fsp3) is 0.0714. The van der Waals surface area contributed by atoms with Crippen LogP contribution in [0.5, 0.6) is 5.88 Å². The molecule has 3 heterocycles. The van der Waals surface area contributed by atoms with Crippen molar-refractivity contribution in [1.82, 2.24) is 9.97 Å². The number of hydrogen-bond donors (Lipinski definition) is 1.